The second-order valence-electron chi connectivity index (χ2n) is 8.48. The topological polar surface area (TPSA) is 66.4 Å². The van der Waals surface area contributed by atoms with Gasteiger partial charge in [-0.25, -0.2) is 4.79 Å². The summed E-state index contributed by atoms with van der Waals surface area (Å²) in [5.41, 5.74) is 4.23. The van der Waals surface area contributed by atoms with Gasteiger partial charge in [-0.1, -0.05) is 54.1 Å². The minimum absolute atomic E-state index is 0.139. The van der Waals surface area contributed by atoms with Crippen molar-refractivity contribution in [2.45, 2.75) is 13.1 Å². The Hall–Kier alpha value is -3.61. The summed E-state index contributed by atoms with van der Waals surface area (Å²) in [6, 6.07) is 22.4. The zero-order valence-corrected chi connectivity index (χ0v) is 20.2. The molecule has 1 heterocycles. The maximum absolute atomic E-state index is 13.1. The largest absolute Gasteiger partial charge is 0.332 e. The standard InChI is InChI=1S/C27H27ClN4O2/c1-31(2)17-18-9-12-21(13-10-18)30-27(34)29-16-24-25(19-7-5-4-6-8-19)23-15-20(28)11-14-22(23)26(33)32(24)3/h4-15H,16-17H2,1-3H3,(H2,29,30,34). The number of carbonyl (C=O) groups excluding carboxylic acids is 1. The van der Waals surface area contributed by atoms with E-state index in [0.29, 0.717) is 21.8 Å². The van der Waals surface area contributed by atoms with Gasteiger partial charge in [0.15, 0.2) is 0 Å². The van der Waals surface area contributed by atoms with Crippen molar-refractivity contribution in [2.75, 3.05) is 19.4 Å². The van der Waals surface area contributed by atoms with Gasteiger partial charge in [-0.2, -0.15) is 0 Å². The second-order valence-corrected chi connectivity index (χ2v) is 8.92. The highest BCUT2D eigenvalue weighted by atomic mass is 35.5. The maximum Gasteiger partial charge on any atom is 0.319 e. The van der Waals surface area contributed by atoms with Crippen molar-refractivity contribution in [3.05, 3.63) is 99.4 Å². The van der Waals surface area contributed by atoms with Gasteiger partial charge in [0, 0.05) is 40.9 Å². The third kappa shape index (κ3) is 5.14. The number of amides is 2. The Morgan fingerprint density at radius 1 is 0.971 bits per heavy atom. The lowest BCUT2D eigenvalue weighted by Gasteiger charge is -2.18. The highest BCUT2D eigenvalue weighted by molar-refractivity contribution is 6.31. The highest BCUT2D eigenvalue weighted by Gasteiger charge is 2.17. The number of carbonyl (C=O) groups is 1. The Bertz CT molecular complexity index is 1380. The summed E-state index contributed by atoms with van der Waals surface area (Å²) in [7, 11) is 5.75. The fraction of sp³-hybridized carbons (Fsp3) is 0.185. The van der Waals surface area contributed by atoms with Crippen LogP contribution in [-0.4, -0.2) is 29.6 Å². The van der Waals surface area contributed by atoms with E-state index in [9.17, 15) is 9.59 Å². The number of halogens is 1. The molecule has 0 aliphatic rings. The van der Waals surface area contributed by atoms with Gasteiger partial charge in [-0.3, -0.25) is 4.79 Å². The predicted molar refractivity (Wildman–Crippen MR) is 139 cm³/mol. The van der Waals surface area contributed by atoms with Crippen molar-refractivity contribution in [2.24, 2.45) is 7.05 Å². The van der Waals surface area contributed by atoms with E-state index in [1.54, 1.807) is 29.8 Å². The molecule has 34 heavy (non-hydrogen) atoms. The molecular formula is C27H27ClN4O2. The summed E-state index contributed by atoms with van der Waals surface area (Å²) in [4.78, 5) is 27.8. The van der Waals surface area contributed by atoms with Gasteiger partial charge < -0.3 is 20.1 Å². The van der Waals surface area contributed by atoms with Crippen LogP contribution in [-0.2, 0) is 20.1 Å². The third-order valence-corrected chi connectivity index (χ3v) is 5.90. The average Bonchev–Trinajstić information content (AvgIpc) is 2.82. The molecule has 4 rings (SSSR count). The van der Waals surface area contributed by atoms with Crippen molar-refractivity contribution in [3.63, 3.8) is 0 Å². The first-order chi connectivity index (χ1) is 16.3. The van der Waals surface area contributed by atoms with E-state index >= 15 is 0 Å². The van der Waals surface area contributed by atoms with Crippen LogP contribution in [0.15, 0.2) is 77.6 Å². The van der Waals surface area contributed by atoms with Crippen molar-refractivity contribution < 1.29 is 4.79 Å². The second kappa shape index (κ2) is 10.1. The van der Waals surface area contributed by atoms with E-state index < -0.39 is 0 Å². The van der Waals surface area contributed by atoms with Crippen LogP contribution in [0.3, 0.4) is 0 Å². The molecule has 0 fully saturated rings. The van der Waals surface area contributed by atoms with Crippen molar-refractivity contribution >= 4 is 34.1 Å². The van der Waals surface area contributed by atoms with E-state index in [1.165, 1.54) is 0 Å². The van der Waals surface area contributed by atoms with Gasteiger partial charge in [-0.05, 0) is 60.9 Å². The monoisotopic (exact) mass is 474 g/mol. The number of hydrogen-bond donors (Lipinski definition) is 2. The molecular weight excluding hydrogens is 448 g/mol. The van der Waals surface area contributed by atoms with Crippen LogP contribution in [0.5, 0.6) is 0 Å². The van der Waals surface area contributed by atoms with Crippen molar-refractivity contribution in [3.8, 4) is 11.1 Å². The van der Waals surface area contributed by atoms with E-state index in [1.807, 2.05) is 68.7 Å². The molecule has 2 N–H and O–H groups in total. The molecule has 7 heteroatoms. The lowest BCUT2D eigenvalue weighted by atomic mass is 9.96. The number of nitrogens with one attached hydrogen (secondary N) is 2. The van der Waals surface area contributed by atoms with Gasteiger partial charge >= 0.3 is 6.03 Å². The fourth-order valence-corrected chi connectivity index (χ4v) is 4.24. The Labute approximate surface area is 203 Å². The molecule has 1 aromatic heterocycles. The molecule has 0 radical (unpaired) electrons. The van der Waals surface area contributed by atoms with Crippen LogP contribution in [0.4, 0.5) is 10.5 Å². The first-order valence-electron chi connectivity index (χ1n) is 11.0. The number of anilines is 1. The van der Waals surface area contributed by atoms with E-state index in [2.05, 4.69) is 15.5 Å². The predicted octanol–water partition coefficient (Wildman–Crippen LogP) is 5.24. The first-order valence-corrected chi connectivity index (χ1v) is 11.4. The molecule has 6 nitrogen and oxygen atoms in total. The van der Waals surface area contributed by atoms with Crippen LogP contribution in [0.25, 0.3) is 21.9 Å². The molecule has 0 spiro atoms. The van der Waals surface area contributed by atoms with Crippen LogP contribution in [0, 0.1) is 0 Å². The van der Waals surface area contributed by atoms with Gasteiger partial charge in [-0.15, -0.1) is 0 Å². The number of benzene rings is 3. The first kappa shape index (κ1) is 23.5. The molecule has 3 aromatic carbocycles. The summed E-state index contributed by atoms with van der Waals surface area (Å²) >= 11 is 6.29. The molecule has 0 aliphatic carbocycles. The Morgan fingerprint density at radius 3 is 2.35 bits per heavy atom. The van der Waals surface area contributed by atoms with E-state index in [0.717, 1.165) is 28.6 Å². The Balaban J connectivity index is 1.63. The summed E-state index contributed by atoms with van der Waals surface area (Å²) in [6.07, 6.45) is 0. The smallest absolute Gasteiger partial charge is 0.319 e. The summed E-state index contributed by atoms with van der Waals surface area (Å²) in [5, 5.41) is 7.65. The molecule has 0 aliphatic heterocycles. The summed E-state index contributed by atoms with van der Waals surface area (Å²) < 4.78 is 1.59. The average molecular weight is 475 g/mol. The van der Waals surface area contributed by atoms with Crippen molar-refractivity contribution in [1.29, 1.82) is 0 Å². The maximum atomic E-state index is 13.1. The van der Waals surface area contributed by atoms with Crippen LogP contribution in [0.1, 0.15) is 11.3 Å². The van der Waals surface area contributed by atoms with Gasteiger partial charge in [0.05, 0.1) is 6.54 Å². The molecule has 0 atom stereocenters. The number of rotatable bonds is 6. The van der Waals surface area contributed by atoms with Crippen LogP contribution in [0.2, 0.25) is 5.02 Å². The molecule has 0 bridgehead atoms. The number of urea groups is 1. The zero-order valence-electron chi connectivity index (χ0n) is 19.4. The molecule has 0 unspecified atom stereocenters. The molecule has 4 aromatic rings. The number of pyridine rings is 1. The molecule has 0 saturated carbocycles. The van der Waals surface area contributed by atoms with Crippen LogP contribution < -0.4 is 16.2 Å². The van der Waals surface area contributed by atoms with Crippen molar-refractivity contribution in [1.82, 2.24) is 14.8 Å². The minimum atomic E-state index is -0.349. The summed E-state index contributed by atoms with van der Waals surface area (Å²) in [5.74, 6) is 0. The lowest BCUT2D eigenvalue weighted by molar-refractivity contribution is 0.251. The summed E-state index contributed by atoms with van der Waals surface area (Å²) in [6.45, 7) is 0.998. The molecule has 174 valence electrons. The minimum Gasteiger partial charge on any atom is -0.332 e. The number of hydrogen-bond acceptors (Lipinski definition) is 3. The third-order valence-electron chi connectivity index (χ3n) is 5.67. The molecule has 0 saturated heterocycles. The van der Waals surface area contributed by atoms with Gasteiger partial charge in [0.1, 0.15) is 0 Å². The van der Waals surface area contributed by atoms with Crippen LogP contribution >= 0.6 is 11.6 Å². The number of nitrogens with zero attached hydrogens (tertiary/aromatic N) is 2. The SMILES string of the molecule is CN(C)Cc1ccc(NC(=O)NCc2c(-c3ccccc3)c3cc(Cl)ccc3c(=O)n2C)cc1. The quantitative estimate of drug-likeness (QED) is 0.401. The normalized spacial score (nSPS) is 11.1. The van der Waals surface area contributed by atoms with Gasteiger partial charge in [0.25, 0.3) is 5.56 Å². The Kier molecular flexibility index (Phi) is 7.01. The number of fused-ring (bicyclic) bond motifs is 1. The fourth-order valence-electron chi connectivity index (χ4n) is 4.07. The molecule has 2 amide bonds. The lowest BCUT2D eigenvalue weighted by Crippen LogP contribution is -2.32. The zero-order chi connectivity index (χ0) is 24.2. The van der Waals surface area contributed by atoms with Gasteiger partial charge in [0.2, 0.25) is 0 Å². The van der Waals surface area contributed by atoms with E-state index in [-0.39, 0.29) is 18.1 Å². The highest BCUT2D eigenvalue weighted by Crippen LogP contribution is 2.32. The Morgan fingerprint density at radius 2 is 1.68 bits per heavy atom. The number of aromatic nitrogens is 1. The van der Waals surface area contributed by atoms with E-state index in [4.69, 9.17) is 11.6 Å².